The first-order valence-electron chi connectivity index (χ1n) is 11.8. The van der Waals surface area contributed by atoms with E-state index in [0.717, 1.165) is 19.3 Å². The van der Waals surface area contributed by atoms with E-state index < -0.39 is 26.9 Å². The lowest BCUT2D eigenvalue weighted by Gasteiger charge is -2.58. The van der Waals surface area contributed by atoms with Gasteiger partial charge in [0.2, 0.25) is 10.0 Å². The Labute approximate surface area is 191 Å². The van der Waals surface area contributed by atoms with Crippen LogP contribution in [0.1, 0.15) is 64.9 Å². The Hall–Kier alpha value is -1.73. The summed E-state index contributed by atoms with van der Waals surface area (Å²) in [6, 6.07) is 6.87. The van der Waals surface area contributed by atoms with Crippen LogP contribution in [0.5, 0.6) is 0 Å². The van der Waals surface area contributed by atoms with Crippen molar-refractivity contribution in [3.8, 4) is 0 Å². The second-order valence-corrected chi connectivity index (χ2v) is 12.7. The Balaban J connectivity index is 1.56. The van der Waals surface area contributed by atoms with Crippen LogP contribution in [0.2, 0.25) is 0 Å². The van der Waals surface area contributed by atoms with Crippen molar-refractivity contribution in [3.05, 3.63) is 29.8 Å². The Morgan fingerprint density at radius 1 is 1.12 bits per heavy atom. The SMILES string of the molecule is CCN(C(C)(C)C(=O)CC1C2CC3CC1CC(C(=O)O)(C3)C2)S(=O)(=O)c1ccccc1C. The fourth-order valence-corrected chi connectivity index (χ4v) is 9.16. The molecule has 0 heterocycles. The Morgan fingerprint density at radius 2 is 1.72 bits per heavy atom. The van der Waals surface area contributed by atoms with Gasteiger partial charge in [0.15, 0.2) is 5.78 Å². The molecule has 1 N–H and O–H groups in total. The molecule has 0 amide bonds. The average molecular weight is 462 g/mol. The molecule has 0 aromatic heterocycles. The summed E-state index contributed by atoms with van der Waals surface area (Å²) in [6.07, 6.45) is 4.43. The summed E-state index contributed by atoms with van der Waals surface area (Å²) in [5.74, 6) is 0.365. The van der Waals surface area contributed by atoms with Gasteiger partial charge in [0.05, 0.1) is 15.8 Å². The van der Waals surface area contributed by atoms with Gasteiger partial charge in [-0.1, -0.05) is 25.1 Å². The summed E-state index contributed by atoms with van der Waals surface area (Å²) in [7, 11) is -3.83. The van der Waals surface area contributed by atoms with E-state index in [0.29, 0.717) is 30.7 Å². The van der Waals surface area contributed by atoms with Gasteiger partial charge in [-0.15, -0.1) is 0 Å². The third kappa shape index (κ3) is 3.61. The molecule has 4 fully saturated rings. The highest BCUT2D eigenvalue weighted by Crippen LogP contribution is 2.63. The average Bonchev–Trinajstić information content (AvgIpc) is 2.70. The smallest absolute Gasteiger partial charge is 0.309 e. The van der Waals surface area contributed by atoms with Gasteiger partial charge in [0.1, 0.15) is 0 Å². The predicted molar refractivity (Wildman–Crippen MR) is 122 cm³/mol. The van der Waals surface area contributed by atoms with E-state index in [-0.39, 0.29) is 35.0 Å². The number of hydrogen-bond acceptors (Lipinski definition) is 4. The number of aliphatic carboxylic acids is 1. The molecule has 0 radical (unpaired) electrons. The van der Waals surface area contributed by atoms with Crippen LogP contribution in [0.3, 0.4) is 0 Å². The normalized spacial score (nSPS) is 31.8. The number of rotatable bonds is 8. The van der Waals surface area contributed by atoms with E-state index >= 15 is 0 Å². The van der Waals surface area contributed by atoms with Crippen LogP contribution in [0.25, 0.3) is 0 Å². The Morgan fingerprint density at radius 3 is 2.25 bits per heavy atom. The van der Waals surface area contributed by atoms with Crippen molar-refractivity contribution in [2.24, 2.45) is 29.1 Å². The number of ketones is 1. The standard InChI is InChI=1S/C25H35NO5S/c1-5-26(32(30,31)21-9-7-6-8-16(21)2)24(3,4)22(27)12-20-18-10-17-11-19(20)15-25(13-17,14-18)23(28)29/h6-9,17-20H,5,10-15H2,1-4H3,(H,28,29). The molecule has 4 saturated carbocycles. The molecule has 1 aromatic carbocycles. The van der Waals surface area contributed by atoms with Crippen molar-refractivity contribution in [2.75, 3.05) is 6.54 Å². The van der Waals surface area contributed by atoms with E-state index in [1.807, 2.05) is 0 Å². The number of benzene rings is 1. The van der Waals surface area contributed by atoms with Crippen molar-refractivity contribution in [1.82, 2.24) is 4.31 Å². The molecule has 6 nitrogen and oxygen atoms in total. The number of carbonyl (C=O) groups excluding carboxylic acids is 1. The van der Waals surface area contributed by atoms with Crippen LogP contribution in [0.15, 0.2) is 29.2 Å². The highest BCUT2D eigenvalue weighted by Gasteiger charge is 2.59. The van der Waals surface area contributed by atoms with Crippen LogP contribution in [0, 0.1) is 36.0 Å². The number of aryl methyl sites for hydroxylation is 1. The molecule has 2 unspecified atom stereocenters. The second-order valence-electron chi connectivity index (χ2n) is 10.8. The maximum absolute atomic E-state index is 13.6. The highest BCUT2D eigenvalue weighted by atomic mass is 32.2. The molecule has 0 spiro atoms. The molecule has 2 atom stereocenters. The predicted octanol–water partition coefficient (Wildman–Crippen LogP) is 4.27. The fourth-order valence-electron chi connectivity index (χ4n) is 7.16. The summed E-state index contributed by atoms with van der Waals surface area (Å²) in [4.78, 5) is 25.8. The highest BCUT2D eigenvalue weighted by molar-refractivity contribution is 7.89. The zero-order valence-corrected chi connectivity index (χ0v) is 20.3. The van der Waals surface area contributed by atoms with Crippen LogP contribution < -0.4 is 0 Å². The van der Waals surface area contributed by atoms with Crippen molar-refractivity contribution >= 4 is 21.8 Å². The summed E-state index contributed by atoms with van der Waals surface area (Å²) in [6.45, 7) is 7.16. The molecule has 4 aliphatic rings. The molecular weight excluding hydrogens is 426 g/mol. The maximum atomic E-state index is 13.6. The number of carboxylic acid groups (broad SMARTS) is 1. The summed E-state index contributed by atoms with van der Waals surface area (Å²) in [5, 5.41) is 9.86. The molecule has 0 aliphatic heterocycles. The van der Waals surface area contributed by atoms with Gasteiger partial charge in [0.25, 0.3) is 0 Å². The van der Waals surface area contributed by atoms with Crippen molar-refractivity contribution < 1.29 is 23.1 Å². The van der Waals surface area contributed by atoms with Gasteiger partial charge in [-0.05, 0) is 88.2 Å². The minimum absolute atomic E-state index is 0.0710. The molecule has 1 aromatic rings. The maximum Gasteiger partial charge on any atom is 0.309 e. The first kappa shape index (κ1) is 23.4. The molecular formula is C25H35NO5S. The van der Waals surface area contributed by atoms with Crippen molar-refractivity contribution in [3.63, 3.8) is 0 Å². The van der Waals surface area contributed by atoms with Crippen LogP contribution >= 0.6 is 0 Å². The number of Topliss-reactive ketones (excluding diaryl/α,β-unsaturated/α-hetero) is 1. The molecule has 4 bridgehead atoms. The molecule has 32 heavy (non-hydrogen) atoms. The molecule has 0 saturated heterocycles. The monoisotopic (exact) mass is 461 g/mol. The lowest BCUT2D eigenvalue weighted by molar-refractivity contribution is -0.171. The Kier molecular flexibility index (Phi) is 5.82. The van der Waals surface area contributed by atoms with Crippen LogP contribution in [-0.2, 0) is 19.6 Å². The largest absolute Gasteiger partial charge is 0.481 e. The van der Waals surface area contributed by atoms with E-state index in [2.05, 4.69) is 0 Å². The Bertz CT molecular complexity index is 1010. The first-order chi connectivity index (χ1) is 14.9. The number of hydrogen-bond donors (Lipinski definition) is 1. The third-order valence-electron chi connectivity index (χ3n) is 8.60. The minimum atomic E-state index is -3.83. The number of sulfonamides is 1. The fraction of sp³-hybridized carbons (Fsp3) is 0.680. The van der Waals surface area contributed by atoms with Crippen molar-refractivity contribution in [1.29, 1.82) is 0 Å². The topological polar surface area (TPSA) is 91.8 Å². The van der Waals surface area contributed by atoms with Gasteiger partial charge >= 0.3 is 5.97 Å². The van der Waals surface area contributed by atoms with E-state index in [9.17, 15) is 23.1 Å². The van der Waals surface area contributed by atoms with Gasteiger partial charge in [-0.2, -0.15) is 4.31 Å². The molecule has 4 aliphatic carbocycles. The summed E-state index contributed by atoms with van der Waals surface area (Å²) < 4.78 is 28.3. The lowest BCUT2D eigenvalue weighted by atomic mass is 9.45. The number of likely N-dealkylation sites (N-methyl/N-ethyl adjacent to an activating group) is 1. The quantitative estimate of drug-likeness (QED) is 0.624. The minimum Gasteiger partial charge on any atom is -0.481 e. The van der Waals surface area contributed by atoms with Gasteiger partial charge in [-0.3, -0.25) is 9.59 Å². The summed E-state index contributed by atoms with van der Waals surface area (Å²) >= 11 is 0. The van der Waals surface area contributed by atoms with E-state index in [1.54, 1.807) is 52.0 Å². The first-order valence-corrected chi connectivity index (χ1v) is 13.2. The van der Waals surface area contributed by atoms with E-state index in [1.165, 1.54) is 4.31 Å². The molecule has 5 rings (SSSR count). The van der Waals surface area contributed by atoms with Gasteiger partial charge < -0.3 is 5.11 Å². The summed E-state index contributed by atoms with van der Waals surface area (Å²) in [5.41, 5.74) is -1.11. The van der Waals surface area contributed by atoms with Crippen molar-refractivity contribution in [2.45, 2.75) is 76.7 Å². The van der Waals surface area contributed by atoms with Crippen LogP contribution in [-0.4, -0.2) is 41.7 Å². The van der Waals surface area contributed by atoms with Gasteiger partial charge in [-0.25, -0.2) is 8.42 Å². The zero-order chi connectivity index (χ0) is 23.5. The van der Waals surface area contributed by atoms with E-state index in [4.69, 9.17) is 0 Å². The number of carbonyl (C=O) groups is 2. The molecule has 176 valence electrons. The molecule has 7 heteroatoms. The van der Waals surface area contributed by atoms with Crippen LogP contribution in [0.4, 0.5) is 0 Å². The zero-order valence-electron chi connectivity index (χ0n) is 19.5. The number of nitrogens with zero attached hydrogens (tertiary/aromatic N) is 1. The number of carboxylic acids is 1. The second kappa shape index (κ2) is 7.94. The van der Waals surface area contributed by atoms with Gasteiger partial charge in [0, 0.05) is 13.0 Å². The lowest BCUT2D eigenvalue weighted by Crippen LogP contribution is -2.57. The third-order valence-corrected chi connectivity index (χ3v) is 10.9.